The molecule has 2 aliphatic heterocycles. The molecular weight excluding hydrogens is 423 g/mol. The van der Waals surface area contributed by atoms with Crippen LogP contribution in [0.4, 0.5) is 4.39 Å². The van der Waals surface area contributed by atoms with E-state index in [2.05, 4.69) is 10.1 Å². The van der Waals surface area contributed by atoms with Crippen LogP contribution in [0.5, 0.6) is 0 Å². The Labute approximate surface area is 191 Å². The summed E-state index contributed by atoms with van der Waals surface area (Å²) >= 11 is 0. The highest BCUT2D eigenvalue weighted by Gasteiger charge is 2.38. The zero-order valence-corrected chi connectivity index (χ0v) is 18.2. The number of carbonyl (C=O) groups is 2. The van der Waals surface area contributed by atoms with E-state index in [0.29, 0.717) is 55.3 Å². The van der Waals surface area contributed by atoms with Gasteiger partial charge in [-0.1, -0.05) is 23.4 Å². The number of piperidine rings is 1. The normalized spacial score (nSPS) is 19.1. The van der Waals surface area contributed by atoms with Crippen molar-refractivity contribution < 1.29 is 18.5 Å². The van der Waals surface area contributed by atoms with Crippen LogP contribution < -0.4 is 0 Å². The molecule has 0 N–H and O–H groups in total. The lowest BCUT2D eigenvalue weighted by molar-refractivity contribution is -0.138. The summed E-state index contributed by atoms with van der Waals surface area (Å²) in [6.07, 6.45) is 2.93. The van der Waals surface area contributed by atoms with Crippen LogP contribution in [0.2, 0.25) is 0 Å². The second-order valence-electron chi connectivity index (χ2n) is 8.59. The molecule has 0 bridgehead atoms. The largest absolute Gasteiger partial charge is 0.339 e. The number of hydrogen-bond acceptors (Lipinski definition) is 5. The van der Waals surface area contributed by atoms with Gasteiger partial charge in [0.05, 0.1) is 0 Å². The summed E-state index contributed by atoms with van der Waals surface area (Å²) in [5.74, 6) is 0.455. The molecule has 0 radical (unpaired) electrons. The number of rotatable bonds is 4. The molecular formula is C25H25FN4O3. The lowest BCUT2D eigenvalue weighted by Gasteiger charge is -2.34. The summed E-state index contributed by atoms with van der Waals surface area (Å²) in [6.45, 7) is 1.79. The van der Waals surface area contributed by atoms with Crippen LogP contribution in [-0.4, -0.2) is 51.4 Å². The number of hydrogen-bond donors (Lipinski definition) is 0. The maximum atomic E-state index is 13.3. The highest BCUT2D eigenvalue weighted by atomic mass is 19.1. The highest BCUT2D eigenvalue weighted by molar-refractivity contribution is 5.94. The predicted octanol–water partition coefficient (Wildman–Crippen LogP) is 4.09. The highest BCUT2D eigenvalue weighted by Crippen LogP contribution is 2.35. The van der Waals surface area contributed by atoms with Crippen molar-refractivity contribution in [1.82, 2.24) is 19.9 Å². The molecule has 2 aliphatic rings. The first-order chi connectivity index (χ1) is 16.1. The smallest absolute Gasteiger partial charge is 0.253 e. The maximum absolute atomic E-state index is 13.3. The maximum Gasteiger partial charge on any atom is 0.253 e. The molecule has 33 heavy (non-hydrogen) atoms. The summed E-state index contributed by atoms with van der Waals surface area (Å²) in [5, 5.41) is 4.03. The Bertz CT molecular complexity index is 1120. The predicted molar refractivity (Wildman–Crippen MR) is 118 cm³/mol. The van der Waals surface area contributed by atoms with Crippen LogP contribution in [0.15, 0.2) is 59.1 Å². The monoisotopic (exact) mass is 448 g/mol. The number of amides is 2. The molecule has 2 saturated heterocycles. The number of aromatic nitrogens is 2. The number of halogens is 1. The fraction of sp³-hybridized carbons (Fsp3) is 0.360. The Morgan fingerprint density at radius 1 is 0.939 bits per heavy atom. The molecule has 0 aliphatic carbocycles. The van der Waals surface area contributed by atoms with Crippen molar-refractivity contribution in [3.8, 4) is 11.4 Å². The van der Waals surface area contributed by atoms with Crippen LogP contribution >= 0.6 is 0 Å². The topological polar surface area (TPSA) is 79.5 Å². The van der Waals surface area contributed by atoms with E-state index in [1.807, 2.05) is 40.1 Å². The average Bonchev–Trinajstić information content (AvgIpc) is 3.54. The van der Waals surface area contributed by atoms with Gasteiger partial charge in [-0.25, -0.2) is 4.39 Å². The Morgan fingerprint density at radius 2 is 1.67 bits per heavy atom. The summed E-state index contributed by atoms with van der Waals surface area (Å²) in [7, 11) is 0. The molecule has 5 rings (SSSR count). The van der Waals surface area contributed by atoms with Crippen molar-refractivity contribution in [3.63, 3.8) is 0 Å². The van der Waals surface area contributed by atoms with Gasteiger partial charge in [0, 0.05) is 36.7 Å². The van der Waals surface area contributed by atoms with Gasteiger partial charge in [-0.3, -0.25) is 9.59 Å². The van der Waals surface area contributed by atoms with E-state index in [9.17, 15) is 14.0 Å². The van der Waals surface area contributed by atoms with Crippen LogP contribution in [0.25, 0.3) is 11.4 Å². The van der Waals surface area contributed by atoms with Crippen LogP contribution in [0, 0.1) is 11.7 Å². The molecule has 0 spiro atoms. The first-order valence-corrected chi connectivity index (χ1v) is 11.3. The zero-order valence-electron chi connectivity index (χ0n) is 18.2. The minimum Gasteiger partial charge on any atom is -0.339 e. The third kappa shape index (κ3) is 4.37. The fourth-order valence-corrected chi connectivity index (χ4v) is 4.70. The third-order valence-electron chi connectivity index (χ3n) is 6.52. The molecule has 0 saturated carbocycles. The number of benzene rings is 2. The molecule has 3 aromatic rings. The van der Waals surface area contributed by atoms with E-state index >= 15 is 0 Å². The Kier molecular flexibility index (Phi) is 5.90. The van der Waals surface area contributed by atoms with Crippen molar-refractivity contribution in [1.29, 1.82) is 0 Å². The van der Waals surface area contributed by atoms with Gasteiger partial charge < -0.3 is 14.3 Å². The summed E-state index contributed by atoms with van der Waals surface area (Å²) < 4.78 is 18.7. The van der Waals surface area contributed by atoms with Crippen molar-refractivity contribution in [3.05, 3.63) is 71.9 Å². The van der Waals surface area contributed by atoms with Gasteiger partial charge in [0.25, 0.3) is 5.91 Å². The minimum atomic E-state index is -0.327. The first-order valence-electron chi connectivity index (χ1n) is 11.3. The number of likely N-dealkylation sites (tertiary alicyclic amines) is 2. The van der Waals surface area contributed by atoms with Crippen LogP contribution in [0.3, 0.4) is 0 Å². The quantitative estimate of drug-likeness (QED) is 0.601. The van der Waals surface area contributed by atoms with Gasteiger partial charge in [-0.2, -0.15) is 4.98 Å². The second-order valence-corrected chi connectivity index (χ2v) is 8.59. The second kappa shape index (κ2) is 9.13. The van der Waals surface area contributed by atoms with E-state index in [1.165, 1.54) is 12.1 Å². The molecule has 1 unspecified atom stereocenters. The molecule has 2 fully saturated rings. The van der Waals surface area contributed by atoms with Crippen molar-refractivity contribution >= 4 is 11.8 Å². The molecule has 8 heteroatoms. The molecule has 2 aromatic carbocycles. The van der Waals surface area contributed by atoms with E-state index in [-0.39, 0.29) is 29.6 Å². The van der Waals surface area contributed by atoms with Gasteiger partial charge in [0.2, 0.25) is 17.6 Å². The van der Waals surface area contributed by atoms with E-state index in [4.69, 9.17) is 4.52 Å². The molecule has 2 amide bonds. The minimum absolute atomic E-state index is 0.0136. The summed E-state index contributed by atoms with van der Waals surface area (Å²) in [5.41, 5.74) is 1.34. The Balaban J connectivity index is 1.23. The zero-order chi connectivity index (χ0) is 22.8. The number of nitrogens with zero attached hydrogens (tertiary/aromatic N) is 4. The van der Waals surface area contributed by atoms with E-state index < -0.39 is 0 Å². The lowest BCUT2D eigenvalue weighted by atomic mass is 9.94. The molecule has 1 aromatic heterocycles. The molecule has 170 valence electrons. The van der Waals surface area contributed by atoms with Crippen molar-refractivity contribution in [2.45, 2.75) is 31.7 Å². The molecule has 1 atom stereocenters. The van der Waals surface area contributed by atoms with Gasteiger partial charge >= 0.3 is 0 Å². The average molecular weight is 448 g/mol. The van der Waals surface area contributed by atoms with Crippen molar-refractivity contribution in [2.24, 2.45) is 5.92 Å². The number of carbonyl (C=O) groups excluding carboxylic acids is 2. The molecule has 7 nitrogen and oxygen atoms in total. The SMILES string of the molecule is O=C(c1ccccc1)N1CCC(C(=O)N2CCCC2c2nc(-c3ccc(F)cc3)no2)CC1. The van der Waals surface area contributed by atoms with E-state index in [0.717, 1.165) is 12.8 Å². The van der Waals surface area contributed by atoms with Gasteiger partial charge in [-0.05, 0) is 62.1 Å². The first kappa shape index (κ1) is 21.3. The van der Waals surface area contributed by atoms with Gasteiger partial charge in [0.1, 0.15) is 11.9 Å². The van der Waals surface area contributed by atoms with Crippen molar-refractivity contribution in [2.75, 3.05) is 19.6 Å². The van der Waals surface area contributed by atoms with Gasteiger partial charge in [0.15, 0.2) is 0 Å². The Hall–Kier alpha value is -3.55. The lowest BCUT2D eigenvalue weighted by Crippen LogP contribution is -2.44. The fourth-order valence-electron chi connectivity index (χ4n) is 4.70. The summed E-state index contributed by atoms with van der Waals surface area (Å²) in [4.78, 5) is 34.2. The molecule has 3 heterocycles. The Morgan fingerprint density at radius 3 is 2.39 bits per heavy atom. The van der Waals surface area contributed by atoms with Crippen LogP contribution in [-0.2, 0) is 4.79 Å². The van der Waals surface area contributed by atoms with E-state index in [1.54, 1.807) is 12.1 Å². The van der Waals surface area contributed by atoms with Gasteiger partial charge in [-0.15, -0.1) is 0 Å². The van der Waals surface area contributed by atoms with Crippen LogP contribution in [0.1, 0.15) is 48.0 Å². The standard InChI is InChI=1S/C25H25FN4O3/c26-20-10-8-17(9-11-20)22-27-23(33-28-22)21-7-4-14-30(21)25(32)19-12-15-29(16-13-19)24(31)18-5-2-1-3-6-18/h1-3,5-6,8-11,19,21H,4,7,12-16H2. The third-order valence-corrected chi connectivity index (χ3v) is 6.52. The summed E-state index contributed by atoms with van der Waals surface area (Å²) in [6, 6.07) is 14.9.